The number of sulfonamides is 2. The smallest absolute Gasteiger partial charge is 0.262 e. The molecule has 232 valence electrons. The lowest BCUT2D eigenvalue weighted by atomic mass is 9.99. The maximum Gasteiger partial charge on any atom is 0.262 e. The Labute approximate surface area is 257 Å². The summed E-state index contributed by atoms with van der Waals surface area (Å²) in [6.45, 7) is 3.21. The van der Waals surface area contributed by atoms with Gasteiger partial charge in [0.1, 0.15) is 11.9 Å². The van der Waals surface area contributed by atoms with Gasteiger partial charge in [0.25, 0.3) is 15.9 Å². The van der Waals surface area contributed by atoms with E-state index in [1.165, 1.54) is 85.8 Å². The third kappa shape index (κ3) is 7.07. The highest BCUT2D eigenvalue weighted by Gasteiger charge is 2.36. The van der Waals surface area contributed by atoms with Crippen molar-refractivity contribution in [3.63, 3.8) is 0 Å². The molecule has 2 N–H and O–H groups in total. The van der Waals surface area contributed by atoms with Gasteiger partial charge in [-0.05, 0) is 67.6 Å². The molecule has 14 heteroatoms. The molecule has 0 saturated heterocycles. The summed E-state index contributed by atoms with van der Waals surface area (Å²) >= 11 is 5.94. The first-order chi connectivity index (χ1) is 20.3. The Kier molecular flexibility index (Phi) is 9.92. The average Bonchev–Trinajstić information content (AvgIpc) is 2.98. The standard InChI is InChI=1S/C29H34ClN3O8S2/c1-19-16-33(20(2)18-34)29(35)25-6-5-7-26(31-42(36,37)23-14-10-22(40-4)11-15-23)28(25)41-27(19)17-32(3)43(38,39)24-12-8-21(30)9-13-24/h5-15,19-20,27,31,34H,16-18H2,1-4H3/t19-,20+,27+/m1/s1. The number of ether oxygens (including phenoxy) is 2. The molecular weight excluding hydrogens is 618 g/mol. The number of aliphatic hydroxyl groups is 1. The number of hydrogen-bond acceptors (Lipinski definition) is 8. The van der Waals surface area contributed by atoms with Crippen LogP contribution in [0.1, 0.15) is 24.2 Å². The van der Waals surface area contributed by atoms with Crippen molar-refractivity contribution in [1.29, 1.82) is 0 Å². The molecule has 1 amide bonds. The van der Waals surface area contributed by atoms with Gasteiger partial charge in [-0.25, -0.2) is 16.8 Å². The second kappa shape index (κ2) is 13.1. The lowest BCUT2D eigenvalue weighted by molar-refractivity contribution is 0.0389. The van der Waals surface area contributed by atoms with E-state index in [1.807, 2.05) is 0 Å². The average molecular weight is 652 g/mol. The molecule has 0 radical (unpaired) electrons. The fraction of sp³-hybridized carbons (Fsp3) is 0.345. The number of rotatable bonds is 10. The first-order valence-electron chi connectivity index (χ1n) is 13.4. The van der Waals surface area contributed by atoms with Crippen LogP contribution in [-0.2, 0) is 20.0 Å². The van der Waals surface area contributed by atoms with Crippen LogP contribution in [0.5, 0.6) is 11.5 Å². The van der Waals surface area contributed by atoms with Crippen LogP contribution in [-0.4, -0.2) is 83.1 Å². The zero-order chi connectivity index (χ0) is 31.5. The largest absolute Gasteiger partial charge is 0.497 e. The summed E-state index contributed by atoms with van der Waals surface area (Å²) in [4.78, 5) is 15.2. The Morgan fingerprint density at radius 3 is 2.30 bits per heavy atom. The van der Waals surface area contributed by atoms with Crippen molar-refractivity contribution in [2.45, 2.75) is 35.8 Å². The molecule has 0 saturated carbocycles. The van der Waals surface area contributed by atoms with Crippen LogP contribution in [0.2, 0.25) is 5.02 Å². The van der Waals surface area contributed by atoms with Crippen molar-refractivity contribution in [2.75, 3.05) is 38.6 Å². The zero-order valence-corrected chi connectivity index (χ0v) is 26.5. The van der Waals surface area contributed by atoms with E-state index in [0.717, 1.165) is 4.31 Å². The van der Waals surface area contributed by atoms with Gasteiger partial charge in [0.15, 0.2) is 5.75 Å². The van der Waals surface area contributed by atoms with Gasteiger partial charge in [0.05, 0.1) is 47.3 Å². The number of benzene rings is 3. The highest BCUT2D eigenvalue weighted by molar-refractivity contribution is 7.92. The van der Waals surface area contributed by atoms with Gasteiger partial charge < -0.3 is 19.5 Å². The highest BCUT2D eigenvalue weighted by Crippen LogP contribution is 2.36. The van der Waals surface area contributed by atoms with Crippen LogP contribution in [0.25, 0.3) is 0 Å². The van der Waals surface area contributed by atoms with Gasteiger partial charge in [-0.2, -0.15) is 4.31 Å². The zero-order valence-electron chi connectivity index (χ0n) is 24.1. The molecular formula is C29H34ClN3O8S2. The van der Waals surface area contributed by atoms with Crippen LogP contribution in [0, 0.1) is 5.92 Å². The monoisotopic (exact) mass is 651 g/mol. The van der Waals surface area contributed by atoms with E-state index in [4.69, 9.17) is 21.1 Å². The summed E-state index contributed by atoms with van der Waals surface area (Å²) in [6, 6.07) is 15.5. The summed E-state index contributed by atoms with van der Waals surface area (Å²) in [6.07, 6.45) is -0.820. The Hall–Kier alpha value is -3.36. The van der Waals surface area contributed by atoms with Crippen LogP contribution in [0.15, 0.2) is 76.5 Å². The summed E-state index contributed by atoms with van der Waals surface area (Å²) in [5, 5.41) is 10.3. The minimum absolute atomic E-state index is 0.000538. The fourth-order valence-electron chi connectivity index (χ4n) is 4.64. The Balaban J connectivity index is 1.75. The molecule has 3 aromatic rings. The molecule has 3 aromatic carbocycles. The number of nitrogens with zero attached hydrogens (tertiary/aromatic N) is 2. The highest BCUT2D eigenvalue weighted by atomic mass is 35.5. The molecule has 1 aliphatic heterocycles. The molecule has 0 bridgehead atoms. The predicted molar refractivity (Wildman–Crippen MR) is 163 cm³/mol. The molecule has 0 aliphatic carbocycles. The van der Waals surface area contributed by atoms with Crippen LogP contribution >= 0.6 is 11.6 Å². The van der Waals surface area contributed by atoms with Gasteiger partial charge in [0.2, 0.25) is 10.0 Å². The maximum atomic E-state index is 13.7. The number of aliphatic hydroxyl groups excluding tert-OH is 1. The number of carbonyl (C=O) groups is 1. The summed E-state index contributed by atoms with van der Waals surface area (Å²) in [5.74, 6) is -0.464. The molecule has 4 rings (SSSR count). The van der Waals surface area contributed by atoms with E-state index in [0.29, 0.717) is 10.8 Å². The van der Waals surface area contributed by atoms with E-state index in [1.54, 1.807) is 13.8 Å². The summed E-state index contributed by atoms with van der Waals surface area (Å²) in [5.41, 5.74) is 0.0657. The van der Waals surface area contributed by atoms with E-state index in [-0.39, 0.29) is 46.5 Å². The number of anilines is 1. The van der Waals surface area contributed by atoms with E-state index in [2.05, 4.69) is 4.72 Å². The molecule has 11 nitrogen and oxygen atoms in total. The first kappa shape index (κ1) is 32.6. The lowest BCUT2D eigenvalue weighted by Gasteiger charge is -2.38. The fourth-order valence-corrected chi connectivity index (χ4v) is 7.01. The number of amides is 1. The number of nitrogens with one attached hydrogen (secondary N) is 1. The summed E-state index contributed by atoms with van der Waals surface area (Å²) in [7, 11) is -5.20. The van der Waals surface area contributed by atoms with Gasteiger partial charge >= 0.3 is 0 Å². The number of para-hydroxylation sites is 1. The molecule has 0 aromatic heterocycles. The van der Waals surface area contributed by atoms with Gasteiger partial charge in [-0.1, -0.05) is 24.6 Å². The normalized spacial score (nSPS) is 18.3. The third-order valence-corrected chi connectivity index (χ3v) is 10.7. The third-order valence-electron chi connectivity index (χ3n) is 7.26. The minimum atomic E-state index is -4.13. The summed E-state index contributed by atoms with van der Waals surface area (Å²) < 4.78 is 68.6. The Morgan fingerprint density at radius 2 is 1.70 bits per heavy atom. The van der Waals surface area contributed by atoms with E-state index >= 15 is 0 Å². The topological polar surface area (TPSA) is 143 Å². The molecule has 1 aliphatic rings. The van der Waals surface area contributed by atoms with Crippen LogP contribution in [0.4, 0.5) is 5.69 Å². The number of carbonyl (C=O) groups excluding carboxylic acids is 1. The molecule has 3 atom stereocenters. The Morgan fingerprint density at radius 1 is 1.07 bits per heavy atom. The van der Waals surface area contributed by atoms with Crippen molar-refractivity contribution in [1.82, 2.24) is 9.21 Å². The number of hydrogen-bond donors (Lipinski definition) is 2. The maximum absolute atomic E-state index is 13.7. The van der Waals surface area contributed by atoms with E-state index in [9.17, 15) is 26.7 Å². The second-order valence-corrected chi connectivity index (χ2v) is 14.5. The van der Waals surface area contributed by atoms with Crippen molar-refractivity contribution >= 4 is 43.2 Å². The predicted octanol–water partition coefficient (Wildman–Crippen LogP) is 3.69. The SMILES string of the molecule is COc1ccc(S(=O)(=O)Nc2cccc3c2O[C@@H](CN(C)S(=O)(=O)c2ccc(Cl)cc2)[C@H](C)CN([C@@H](C)CO)C3=O)cc1. The van der Waals surface area contributed by atoms with Gasteiger partial charge in [-0.15, -0.1) is 0 Å². The molecule has 0 fully saturated rings. The number of fused-ring (bicyclic) bond motifs is 1. The second-order valence-electron chi connectivity index (χ2n) is 10.3. The van der Waals surface area contributed by atoms with Crippen molar-refractivity contribution in [2.24, 2.45) is 5.92 Å². The van der Waals surface area contributed by atoms with Gasteiger partial charge in [0, 0.05) is 24.5 Å². The first-order valence-corrected chi connectivity index (χ1v) is 16.7. The molecule has 0 unspecified atom stereocenters. The van der Waals surface area contributed by atoms with Crippen molar-refractivity contribution < 1.29 is 36.2 Å². The molecule has 1 heterocycles. The molecule has 43 heavy (non-hydrogen) atoms. The van der Waals surface area contributed by atoms with Crippen molar-refractivity contribution in [3.05, 3.63) is 77.3 Å². The van der Waals surface area contributed by atoms with Gasteiger partial charge in [-0.3, -0.25) is 9.52 Å². The van der Waals surface area contributed by atoms with Crippen LogP contribution < -0.4 is 14.2 Å². The number of halogens is 1. The van der Waals surface area contributed by atoms with Crippen LogP contribution in [0.3, 0.4) is 0 Å². The Bertz CT molecular complexity index is 1670. The minimum Gasteiger partial charge on any atom is -0.497 e. The van der Waals surface area contributed by atoms with E-state index < -0.39 is 44.0 Å². The lowest BCUT2D eigenvalue weighted by Crippen LogP contribution is -2.50. The quantitative estimate of drug-likeness (QED) is 0.338. The van der Waals surface area contributed by atoms with Crippen molar-refractivity contribution in [3.8, 4) is 11.5 Å². The number of methoxy groups -OCH3 is 1. The number of likely N-dealkylation sites (N-methyl/N-ethyl adjacent to an activating group) is 1. The molecule has 0 spiro atoms.